The van der Waals surface area contributed by atoms with Gasteiger partial charge < -0.3 is 10.1 Å². The number of methoxy groups -OCH3 is 1. The van der Waals surface area contributed by atoms with E-state index in [-0.39, 0.29) is 0 Å². The molecule has 112 valence electrons. The zero-order valence-electron chi connectivity index (χ0n) is 12.8. The third-order valence-corrected chi connectivity index (χ3v) is 4.70. The number of ether oxygens (including phenoxy) is 1. The van der Waals surface area contributed by atoms with Gasteiger partial charge >= 0.3 is 0 Å². The van der Waals surface area contributed by atoms with E-state index in [2.05, 4.69) is 65.2 Å². The first-order chi connectivity index (χ1) is 9.52. The molecule has 2 unspecified atom stereocenters. The summed E-state index contributed by atoms with van der Waals surface area (Å²) < 4.78 is 6.36. The molecule has 2 atom stereocenters. The Morgan fingerprint density at radius 1 is 1.45 bits per heavy atom. The molecule has 0 saturated carbocycles. The summed E-state index contributed by atoms with van der Waals surface area (Å²) in [5, 5.41) is 3.58. The lowest BCUT2D eigenvalue weighted by molar-refractivity contribution is 0.269. The lowest BCUT2D eigenvalue weighted by Crippen LogP contribution is -2.32. The van der Waals surface area contributed by atoms with Gasteiger partial charge in [0, 0.05) is 18.6 Å². The Bertz CT molecular complexity index is 450. The Kier molecular flexibility index (Phi) is 5.47. The van der Waals surface area contributed by atoms with Crippen molar-refractivity contribution in [1.82, 2.24) is 10.2 Å². The second kappa shape index (κ2) is 6.92. The van der Waals surface area contributed by atoms with Crippen molar-refractivity contribution in [1.29, 1.82) is 0 Å². The average molecular weight is 341 g/mol. The highest BCUT2D eigenvalue weighted by Crippen LogP contribution is 2.38. The third kappa shape index (κ3) is 3.54. The Hall–Kier alpha value is -0.580. The van der Waals surface area contributed by atoms with Crippen molar-refractivity contribution < 1.29 is 4.74 Å². The molecule has 1 saturated heterocycles. The fourth-order valence-electron chi connectivity index (χ4n) is 3.02. The highest BCUT2D eigenvalue weighted by atomic mass is 79.9. The minimum absolute atomic E-state index is 0.489. The van der Waals surface area contributed by atoms with Crippen molar-refractivity contribution in [3.63, 3.8) is 0 Å². The molecular formula is C16H25BrN2O. The van der Waals surface area contributed by atoms with E-state index in [4.69, 9.17) is 4.74 Å². The van der Waals surface area contributed by atoms with Crippen molar-refractivity contribution in [2.75, 3.05) is 27.2 Å². The van der Waals surface area contributed by atoms with Crippen LogP contribution in [0.25, 0.3) is 0 Å². The second-order valence-electron chi connectivity index (χ2n) is 5.93. The van der Waals surface area contributed by atoms with Crippen LogP contribution in [0.1, 0.15) is 31.9 Å². The van der Waals surface area contributed by atoms with Gasteiger partial charge in [0.05, 0.1) is 11.6 Å². The van der Waals surface area contributed by atoms with Crippen LogP contribution in [-0.2, 0) is 0 Å². The van der Waals surface area contributed by atoms with E-state index in [1.807, 2.05) is 0 Å². The molecular weight excluding hydrogens is 316 g/mol. The van der Waals surface area contributed by atoms with Gasteiger partial charge in [-0.3, -0.25) is 4.90 Å². The van der Waals surface area contributed by atoms with E-state index < -0.39 is 0 Å². The van der Waals surface area contributed by atoms with Gasteiger partial charge in [-0.05, 0) is 59.6 Å². The molecule has 20 heavy (non-hydrogen) atoms. The minimum Gasteiger partial charge on any atom is -0.496 e. The predicted molar refractivity (Wildman–Crippen MR) is 87.3 cm³/mol. The molecule has 1 aliphatic heterocycles. The first-order valence-electron chi connectivity index (χ1n) is 7.30. The van der Waals surface area contributed by atoms with Gasteiger partial charge in [0.1, 0.15) is 5.75 Å². The summed E-state index contributed by atoms with van der Waals surface area (Å²) in [6, 6.07) is 7.48. The first-order valence-corrected chi connectivity index (χ1v) is 8.09. The van der Waals surface area contributed by atoms with Crippen molar-refractivity contribution in [2.45, 2.75) is 32.4 Å². The zero-order valence-corrected chi connectivity index (χ0v) is 14.4. The van der Waals surface area contributed by atoms with Crippen LogP contribution in [0, 0.1) is 5.92 Å². The summed E-state index contributed by atoms with van der Waals surface area (Å²) >= 11 is 3.60. The van der Waals surface area contributed by atoms with Crippen LogP contribution in [-0.4, -0.2) is 38.2 Å². The lowest BCUT2D eigenvalue weighted by Gasteiger charge is -2.27. The topological polar surface area (TPSA) is 24.5 Å². The number of hydrogen-bond donors (Lipinski definition) is 1. The number of nitrogens with one attached hydrogen (secondary N) is 1. The molecule has 2 rings (SSSR count). The van der Waals surface area contributed by atoms with Gasteiger partial charge in [-0.2, -0.15) is 0 Å². The lowest BCUT2D eigenvalue weighted by atomic mass is 9.93. The monoisotopic (exact) mass is 340 g/mol. The number of rotatable bonds is 5. The summed E-state index contributed by atoms with van der Waals surface area (Å²) in [6.07, 6.45) is 1.25. The van der Waals surface area contributed by atoms with Crippen LogP contribution < -0.4 is 10.1 Å². The highest BCUT2D eigenvalue weighted by molar-refractivity contribution is 9.10. The Labute approximate surface area is 130 Å². The SMILES string of the molecule is COc1ccc(C2C(CNC(C)C)CCN2C)cc1Br. The molecule has 1 aromatic rings. The van der Waals surface area contributed by atoms with E-state index in [9.17, 15) is 0 Å². The van der Waals surface area contributed by atoms with Gasteiger partial charge in [0.15, 0.2) is 0 Å². The standard InChI is InChI=1S/C16H25BrN2O/c1-11(2)18-10-13-7-8-19(3)16(13)12-5-6-15(20-4)14(17)9-12/h5-6,9,11,13,16,18H,7-8,10H2,1-4H3. The summed E-state index contributed by atoms with van der Waals surface area (Å²) in [6.45, 7) is 6.66. The molecule has 3 nitrogen and oxygen atoms in total. The van der Waals surface area contributed by atoms with Gasteiger partial charge in [0.25, 0.3) is 0 Å². The van der Waals surface area contributed by atoms with E-state index in [0.29, 0.717) is 18.0 Å². The molecule has 1 fully saturated rings. The van der Waals surface area contributed by atoms with Crippen LogP contribution in [0.15, 0.2) is 22.7 Å². The van der Waals surface area contributed by atoms with Crippen LogP contribution in [0.2, 0.25) is 0 Å². The normalized spacial score (nSPS) is 23.5. The quantitative estimate of drug-likeness (QED) is 0.888. The van der Waals surface area contributed by atoms with E-state index in [0.717, 1.165) is 16.8 Å². The smallest absolute Gasteiger partial charge is 0.133 e. The number of hydrogen-bond acceptors (Lipinski definition) is 3. The van der Waals surface area contributed by atoms with Crippen molar-refractivity contribution in [3.05, 3.63) is 28.2 Å². The molecule has 4 heteroatoms. The van der Waals surface area contributed by atoms with Crippen LogP contribution in [0.5, 0.6) is 5.75 Å². The maximum atomic E-state index is 5.32. The number of likely N-dealkylation sites (tertiary alicyclic amines) is 1. The van der Waals surface area contributed by atoms with Gasteiger partial charge in [-0.25, -0.2) is 0 Å². The van der Waals surface area contributed by atoms with Crippen molar-refractivity contribution >= 4 is 15.9 Å². The van der Waals surface area contributed by atoms with E-state index in [1.165, 1.54) is 18.5 Å². The average Bonchev–Trinajstić information content (AvgIpc) is 2.77. The van der Waals surface area contributed by atoms with Crippen LogP contribution in [0.4, 0.5) is 0 Å². The van der Waals surface area contributed by atoms with Crippen LogP contribution in [0.3, 0.4) is 0 Å². The summed E-state index contributed by atoms with van der Waals surface area (Å²) in [7, 11) is 3.93. The predicted octanol–water partition coefficient (Wildman–Crippen LogP) is 3.45. The van der Waals surface area contributed by atoms with E-state index >= 15 is 0 Å². The maximum absolute atomic E-state index is 5.32. The molecule has 1 aromatic carbocycles. The zero-order chi connectivity index (χ0) is 14.7. The molecule has 0 aliphatic carbocycles. The number of halogens is 1. The Morgan fingerprint density at radius 3 is 2.80 bits per heavy atom. The molecule has 0 amide bonds. The number of nitrogens with zero attached hydrogens (tertiary/aromatic N) is 1. The summed E-state index contributed by atoms with van der Waals surface area (Å²) in [5.74, 6) is 1.56. The molecule has 1 N–H and O–H groups in total. The maximum Gasteiger partial charge on any atom is 0.133 e. The molecule has 0 aromatic heterocycles. The number of benzene rings is 1. The molecule has 1 heterocycles. The fraction of sp³-hybridized carbons (Fsp3) is 0.625. The first kappa shape index (κ1) is 15.8. The fourth-order valence-corrected chi connectivity index (χ4v) is 3.58. The Balaban J connectivity index is 2.17. The van der Waals surface area contributed by atoms with Crippen LogP contribution >= 0.6 is 15.9 Å². The van der Waals surface area contributed by atoms with Crippen molar-refractivity contribution in [3.8, 4) is 5.75 Å². The summed E-state index contributed by atoms with van der Waals surface area (Å²) in [4.78, 5) is 2.46. The van der Waals surface area contributed by atoms with Gasteiger partial charge in [0.2, 0.25) is 0 Å². The van der Waals surface area contributed by atoms with Crippen molar-refractivity contribution in [2.24, 2.45) is 5.92 Å². The minimum atomic E-state index is 0.489. The van der Waals surface area contributed by atoms with E-state index in [1.54, 1.807) is 7.11 Å². The Morgan fingerprint density at radius 2 is 2.20 bits per heavy atom. The van der Waals surface area contributed by atoms with Gasteiger partial charge in [-0.1, -0.05) is 19.9 Å². The highest BCUT2D eigenvalue weighted by Gasteiger charge is 2.33. The largest absolute Gasteiger partial charge is 0.496 e. The van der Waals surface area contributed by atoms with Gasteiger partial charge in [-0.15, -0.1) is 0 Å². The third-order valence-electron chi connectivity index (χ3n) is 4.08. The second-order valence-corrected chi connectivity index (χ2v) is 6.79. The molecule has 1 aliphatic rings. The molecule has 0 bridgehead atoms. The molecule has 0 radical (unpaired) electrons. The summed E-state index contributed by atoms with van der Waals surface area (Å²) in [5.41, 5.74) is 1.37. The molecule has 0 spiro atoms.